The summed E-state index contributed by atoms with van der Waals surface area (Å²) in [6, 6.07) is 7.75. The molecule has 1 N–H and O–H groups in total. The van der Waals surface area contributed by atoms with Crippen molar-refractivity contribution in [3.05, 3.63) is 29.8 Å². The van der Waals surface area contributed by atoms with Crippen molar-refractivity contribution >= 4 is 29.2 Å². The summed E-state index contributed by atoms with van der Waals surface area (Å²) in [5.41, 5.74) is 1.60. The van der Waals surface area contributed by atoms with Gasteiger partial charge in [0, 0.05) is 12.3 Å². The van der Waals surface area contributed by atoms with Crippen molar-refractivity contribution in [1.82, 2.24) is 9.80 Å². The highest BCUT2D eigenvalue weighted by Crippen LogP contribution is 2.30. The number of aliphatic imine (C=N–C) groups is 1. The summed E-state index contributed by atoms with van der Waals surface area (Å²) in [5.74, 6) is 2.67. The number of amidine groups is 1. The lowest BCUT2D eigenvalue weighted by atomic mass is 10.1. The monoisotopic (exact) mass is 304 g/mol. The summed E-state index contributed by atoms with van der Waals surface area (Å²) < 4.78 is 0. The summed E-state index contributed by atoms with van der Waals surface area (Å²) in [6.45, 7) is 1.64. The Morgan fingerprint density at radius 1 is 1.43 bits per heavy atom. The molecule has 6 heteroatoms. The van der Waals surface area contributed by atoms with Crippen LogP contribution in [0.15, 0.2) is 29.3 Å². The Hall–Kier alpha value is -1.53. The zero-order chi connectivity index (χ0) is 14.8. The van der Waals surface area contributed by atoms with Gasteiger partial charge in [0.2, 0.25) is 0 Å². The van der Waals surface area contributed by atoms with Crippen LogP contribution in [0, 0.1) is 0 Å². The lowest BCUT2D eigenvalue weighted by molar-refractivity contribution is 0.0783. The minimum Gasteiger partial charge on any atom is -0.342 e. The van der Waals surface area contributed by atoms with Gasteiger partial charge in [-0.1, -0.05) is 12.1 Å². The van der Waals surface area contributed by atoms with Crippen molar-refractivity contribution in [2.75, 3.05) is 44.1 Å². The first-order chi connectivity index (χ1) is 10.2. The molecule has 0 radical (unpaired) electrons. The number of nitrogens with one attached hydrogen (secondary N) is 1. The molecule has 5 nitrogen and oxygen atoms in total. The van der Waals surface area contributed by atoms with E-state index in [0.29, 0.717) is 0 Å². The van der Waals surface area contributed by atoms with Gasteiger partial charge < -0.3 is 15.1 Å². The third kappa shape index (κ3) is 2.91. The Labute approximate surface area is 129 Å². The first-order valence-corrected chi connectivity index (χ1v) is 8.26. The molecule has 0 saturated carbocycles. The Kier molecular flexibility index (Phi) is 4.17. The van der Waals surface area contributed by atoms with Crippen LogP contribution in [0.25, 0.3) is 0 Å². The smallest absolute Gasteiger partial charge is 0.257 e. The van der Waals surface area contributed by atoms with Crippen molar-refractivity contribution in [2.24, 2.45) is 4.99 Å². The second-order valence-electron chi connectivity index (χ2n) is 5.53. The van der Waals surface area contributed by atoms with Gasteiger partial charge in [0.05, 0.1) is 29.7 Å². The van der Waals surface area contributed by atoms with Crippen LogP contribution in [-0.4, -0.2) is 66.4 Å². The molecule has 2 heterocycles. The number of para-hydroxylation sites is 1. The Morgan fingerprint density at radius 2 is 2.24 bits per heavy atom. The highest BCUT2D eigenvalue weighted by molar-refractivity contribution is 7.99. The Bertz CT molecular complexity index is 573. The van der Waals surface area contributed by atoms with Crippen LogP contribution in [0.2, 0.25) is 0 Å². The predicted octanol–water partition coefficient (Wildman–Crippen LogP) is 1.59. The first-order valence-electron chi connectivity index (χ1n) is 7.10. The van der Waals surface area contributed by atoms with E-state index < -0.39 is 0 Å². The van der Waals surface area contributed by atoms with Crippen LogP contribution in [-0.2, 0) is 0 Å². The number of rotatable bonds is 3. The number of benzene rings is 1. The quantitative estimate of drug-likeness (QED) is 0.921. The number of nitrogens with zero attached hydrogens (tertiary/aromatic N) is 3. The first kappa shape index (κ1) is 14.4. The Morgan fingerprint density at radius 3 is 3.05 bits per heavy atom. The van der Waals surface area contributed by atoms with Crippen molar-refractivity contribution in [2.45, 2.75) is 6.04 Å². The van der Waals surface area contributed by atoms with E-state index in [0.717, 1.165) is 41.8 Å². The minimum absolute atomic E-state index is 0.0667. The molecule has 1 atom stereocenters. The van der Waals surface area contributed by atoms with Crippen LogP contribution >= 0.6 is 11.8 Å². The summed E-state index contributed by atoms with van der Waals surface area (Å²) >= 11 is 1.78. The zero-order valence-corrected chi connectivity index (χ0v) is 13.2. The molecular formula is C15H20N4OS. The van der Waals surface area contributed by atoms with Gasteiger partial charge in [0.25, 0.3) is 5.91 Å². The van der Waals surface area contributed by atoms with Crippen molar-refractivity contribution in [3.8, 4) is 0 Å². The van der Waals surface area contributed by atoms with Crippen LogP contribution in [0.4, 0.5) is 5.69 Å². The van der Waals surface area contributed by atoms with E-state index in [1.807, 2.05) is 43.3 Å². The average Bonchev–Trinajstić information content (AvgIpc) is 2.91. The van der Waals surface area contributed by atoms with Crippen LogP contribution in [0.3, 0.4) is 0 Å². The largest absolute Gasteiger partial charge is 0.342 e. The Balaban J connectivity index is 1.92. The molecule has 0 aliphatic carbocycles. The number of fused-ring (bicyclic) bond motifs is 2. The number of hydrogen-bond donors (Lipinski definition) is 1. The molecule has 0 aromatic heterocycles. The molecule has 2 aliphatic rings. The average molecular weight is 304 g/mol. The van der Waals surface area contributed by atoms with Crippen LogP contribution in [0.5, 0.6) is 0 Å². The highest BCUT2D eigenvalue weighted by atomic mass is 32.2. The van der Waals surface area contributed by atoms with Gasteiger partial charge in [-0.3, -0.25) is 9.79 Å². The minimum atomic E-state index is 0.0667. The molecule has 0 spiro atoms. The van der Waals surface area contributed by atoms with Crippen molar-refractivity contribution < 1.29 is 4.79 Å². The van der Waals surface area contributed by atoms with Gasteiger partial charge in [-0.25, -0.2) is 0 Å². The van der Waals surface area contributed by atoms with E-state index in [4.69, 9.17) is 4.99 Å². The number of hydrogen-bond acceptors (Lipinski definition) is 4. The third-order valence-corrected chi connectivity index (χ3v) is 4.72. The normalized spacial score (nSPS) is 23.0. The molecule has 3 rings (SSSR count). The molecular weight excluding hydrogens is 284 g/mol. The molecule has 1 saturated heterocycles. The molecule has 1 amide bonds. The van der Waals surface area contributed by atoms with Crippen LogP contribution in [0.1, 0.15) is 10.4 Å². The van der Waals surface area contributed by atoms with Crippen molar-refractivity contribution in [3.63, 3.8) is 0 Å². The SMILES string of the molecule is CN(C)CCN=C1Nc2ccccc2C(=O)N2CSC[C@H]12. The predicted molar refractivity (Wildman–Crippen MR) is 88.2 cm³/mol. The molecule has 0 unspecified atom stereocenters. The van der Waals surface area contributed by atoms with Gasteiger partial charge in [-0.2, -0.15) is 0 Å². The maximum atomic E-state index is 12.7. The lowest BCUT2D eigenvalue weighted by Gasteiger charge is -2.22. The summed E-state index contributed by atoms with van der Waals surface area (Å²) in [6.07, 6.45) is 0. The topological polar surface area (TPSA) is 47.9 Å². The van der Waals surface area contributed by atoms with E-state index in [1.165, 1.54) is 0 Å². The summed E-state index contributed by atoms with van der Waals surface area (Å²) in [5, 5.41) is 3.39. The fraction of sp³-hybridized carbons (Fsp3) is 0.467. The van der Waals surface area contributed by atoms with E-state index in [1.54, 1.807) is 11.8 Å². The van der Waals surface area contributed by atoms with Gasteiger partial charge in [-0.05, 0) is 26.2 Å². The number of thioether (sulfide) groups is 1. The molecule has 2 aliphatic heterocycles. The second kappa shape index (κ2) is 6.07. The number of anilines is 1. The van der Waals surface area contributed by atoms with E-state index in [9.17, 15) is 4.79 Å². The third-order valence-electron chi connectivity index (χ3n) is 3.71. The number of carbonyl (C=O) groups excluding carboxylic acids is 1. The molecule has 21 heavy (non-hydrogen) atoms. The number of carbonyl (C=O) groups is 1. The molecule has 0 bridgehead atoms. The maximum absolute atomic E-state index is 12.7. The summed E-state index contributed by atoms with van der Waals surface area (Å²) in [4.78, 5) is 21.4. The lowest BCUT2D eigenvalue weighted by Crippen LogP contribution is -2.42. The molecule has 1 aromatic carbocycles. The van der Waals surface area contributed by atoms with E-state index >= 15 is 0 Å². The van der Waals surface area contributed by atoms with Gasteiger partial charge >= 0.3 is 0 Å². The van der Waals surface area contributed by atoms with Gasteiger partial charge in [0.15, 0.2) is 0 Å². The van der Waals surface area contributed by atoms with E-state index in [2.05, 4.69) is 10.2 Å². The van der Waals surface area contributed by atoms with Gasteiger partial charge in [-0.15, -0.1) is 11.8 Å². The fourth-order valence-corrected chi connectivity index (χ4v) is 3.70. The summed E-state index contributed by atoms with van der Waals surface area (Å²) in [7, 11) is 4.08. The van der Waals surface area contributed by atoms with Crippen LogP contribution < -0.4 is 5.32 Å². The van der Waals surface area contributed by atoms with Crippen molar-refractivity contribution in [1.29, 1.82) is 0 Å². The standard InChI is InChI=1S/C15H20N4OS/c1-18(2)8-7-16-14-13-9-21-10-19(13)15(20)11-5-3-4-6-12(11)17-14/h3-6,13H,7-10H2,1-2H3,(H,16,17)/t13-/m1/s1. The fourth-order valence-electron chi connectivity index (χ4n) is 2.54. The number of amides is 1. The van der Waals surface area contributed by atoms with E-state index in [-0.39, 0.29) is 11.9 Å². The second-order valence-corrected chi connectivity index (χ2v) is 6.53. The number of likely N-dealkylation sites (N-methyl/N-ethyl adjacent to an activating group) is 1. The zero-order valence-electron chi connectivity index (χ0n) is 12.4. The van der Waals surface area contributed by atoms with Gasteiger partial charge in [0.1, 0.15) is 5.84 Å². The highest BCUT2D eigenvalue weighted by Gasteiger charge is 2.37. The molecule has 1 aromatic rings. The molecule has 112 valence electrons. The maximum Gasteiger partial charge on any atom is 0.257 e. The molecule has 1 fully saturated rings.